The molecule has 4 aromatic rings. The first kappa shape index (κ1) is 20.7. The summed E-state index contributed by atoms with van der Waals surface area (Å²) in [5.41, 5.74) is 1.09. The molecule has 10 heteroatoms. The van der Waals surface area contributed by atoms with Crippen molar-refractivity contribution >= 4 is 28.6 Å². The number of nitrogens with one attached hydrogen (secondary N) is 1. The van der Waals surface area contributed by atoms with Crippen LogP contribution in [0.2, 0.25) is 0 Å². The number of ether oxygens (including phenoxy) is 1. The molecule has 8 nitrogen and oxygen atoms in total. The molecule has 164 valence electrons. The molecule has 1 saturated heterocycles. The monoisotopic (exact) mass is 452 g/mol. The molecular weight excluding hydrogens is 431 g/mol. The Labute approximate surface area is 187 Å². The van der Waals surface area contributed by atoms with E-state index in [4.69, 9.17) is 4.74 Å². The van der Waals surface area contributed by atoms with Crippen molar-refractivity contribution in [2.75, 3.05) is 31.2 Å². The lowest BCUT2D eigenvalue weighted by molar-refractivity contribution is 0.122. The van der Waals surface area contributed by atoms with E-state index >= 15 is 0 Å². The zero-order valence-electron chi connectivity index (χ0n) is 17.4. The minimum Gasteiger partial charge on any atom is -0.378 e. The van der Waals surface area contributed by atoms with Crippen molar-refractivity contribution in [1.82, 2.24) is 24.7 Å². The highest BCUT2D eigenvalue weighted by Gasteiger charge is 2.24. The molecule has 0 saturated carbocycles. The van der Waals surface area contributed by atoms with Gasteiger partial charge in [0.1, 0.15) is 11.6 Å². The van der Waals surface area contributed by atoms with Crippen molar-refractivity contribution in [3.05, 3.63) is 70.5 Å². The minimum atomic E-state index is -0.339. The van der Waals surface area contributed by atoms with Crippen LogP contribution in [0.3, 0.4) is 0 Å². The molecule has 2 aromatic carbocycles. The van der Waals surface area contributed by atoms with E-state index < -0.39 is 0 Å². The number of para-hydroxylation sites is 1. The molecule has 2 aromatic heterocycles. The van der Waals surface area contributed by atoms with Crippen molar-refractivity contribution in [2.45, 2.75) is 17.3 Å². The van der Waals surface area contributed by atoms with Gasteiger partial charge in [0.25, 0.3) is 5.56 Å². The van der Waals surface area contributed by atoms with Crippen LogP contribution < -0.4 is 10.5 Å². The van der Waals surface area contributed by atoms with E-state index in [9.17, 15) is 9.18 Å². The van der Waals surface area contributed by atoms with E-state index in [1.165, 1.54) is 23.9 Å². The van der Waals surface area contributed by atoms with Crippen molar-refractivity contribution in [3.63, 3.8) is 0 Å². The van der Waals surface area contributed by atoms with E-state index in [1.807, 2.05) is 35.8 Å². The van der Waals surface area contributed by atoms with Crippen molar-refractivity contribution < 1.29 is 9.13 Å². The van der Waals surface area contributed by atoms with Crippen LogP contribution >= 0.6 is 11.8 Å². The second-order valence-corrected chi connectivity index (χ2v) is 8.73. The molecule has 0 spiro atoms. The van der Waals surface area contributed by atoms with Gasteiger partial charge in [0.15, 0.2) is 5.16 Å². The van der Waals surface area contributed by atoms with Gasteiger partial charge in [0.05, 0.1) is 35.1 Å². The van der Waals surface area contributed by atoms with Gasteiger partial charge in [-0.05, 0) is 37.3 Å². The molecule has 1 atom stereocenters. The lowest BCUT2D eigenvalue weighted by atomic mass is 10.2. The Balaban J connectivity index is 1.53. The molecule has 3 heterocycles. The number of aromatic nitrogens is 5. The number of hydrogen-bond donors (Lipinski definition) is 1. The molecule has 1 aliphatic rings. The maximum Gasteiger partial charge on any atom is 0.258 e. The lowest BCUT2D eigenvalue weighted by Crippen LogP contribution is -2.37. The quantitative estimate of drug-likeness (QED) is 0.465. The summed E-state index contributed by atoms with van der Waals surface area (Å²) in [5.74, 6) is 0.836. The molecule has 0 bridgehead atoms. The number of rotatable bonds is 5. The second kappa shape index (κ2) is 8.71. The second-order valence-electron chi connectivity index (χ2n) is 7.43. The van der Waals surface area contributed by atoms with Crippen molar-refractivity contribution in [3.8, 4) is 5.69 Å². The van der Waals surface area contributed by atoms with Crippen LogP contribution in [0.15, 0.2) is 58.5 Å². The molecule has 32 heavy (non-hydrogen) atoms. The Hall–Kier alpha value is -3.24. The predicted molar refractivity (Wildman–Crippen MR) is 121 cm³/mol. The third-order valence-electron chi connectivity index (χ3n) is 5.28. The summed E-state index contributed by atoms with van der Waals surface area (Å²) in [6, 6.07) is 13.6. The average molecular weight is 453 g/mol. The van der Waals surface area contributed by atoms with Crippen LogP contribution in [0.5, 0.6) is 0 Å². The number of morpholine rings is 1. The van der Waals surface area contributed by atoms with Gasteiger partial charge in [-0.3, -0.25) is 9.36 Å². The zero-order valence-corrected chi connectivity index (χ0v) is 18.2. The standard InChI is InChI=1S/C22H21FN6O2S/c1-14(19-24-18-8-3-2-7-17(18)20(30)25-19)32-22-27-26-21(28-9-11-31-12-10-28)29(22)16-6-4-5-15(23)13-16/h2-8,13-14H,9-12H2,1H3,(H,24,25,30)/t14-/m0/s1. The number of fused-ring (bicyclic) bond motifs is 1. The molecule has 1 aliphatic heterocycles. The number of nitrogens with zero attached hydrogens (tertiary/aromatic N) is 5. The topological polar surface area (TPSA) is 88.9 Å². The van der Waals surface area contributed by atoms with E-state index in [1.54, 1.807) is 12.1 Å². The van der Waals surface area contributed by atoms with Gasteiger partial charge in [-0.2, -0.15) is 0 Å². The van der Waals surface area contributed by atoms with Crippen LogP contribution in [0.4, 0.5) is 10.3 Å². The average Bonchev–Trinajstić information content (AvgIpc) is 3.23. The van der Waals surface area contributed by atoms with Crippen LogP contribution in [-0.4, -0.2) is 51.0 Å². The van der Waals surface area contributed by atoms with Crippen LogP contribution in [0.1, 0.15) is 18.0 Å². The highest BCUT2D eigenvalue weighted by Crippen LogP contribution is 2.35. The van der Waals surface area contributed by atoms with Crippen LogP contribution in [-0.2, 0) is 4.74 Å². The van der Waals surface area contributed by atoms with Gasteiger partial charge < -0.3 is 14.6 Å². The Morgan fingerprint density at radius 1 is 1.12 bits per heavy atom. The predicted octanol–water partition coefficient (Wildman–Crippen LogP) is 3.33. The number of benzene rings is 2. The van der Waals surface area contributed by atoms with Gasteiger partial charge in [-0.1, -0.05) is 30.0 Å². The lowest BCUT2D eigenvalue weighted by Gasteiger charge is -2.28. The van der Waals surface area contributed by atoms with E-state index in [-0.39, 0.29) is 16.6 Å². The van der Waals surface area contributed by atoms with Crippen molar-refractivity contribution in [2.24, 2.45) is 0 Å². The summed E-state index contributed by atoms with van der Waals surface area (Å²) in [6.07, 6.45) is 0. The molecule has 5 rings (SSSR count). The summed E-state index contributed by atoms with van der Waals surface area (Å²) in [7, 11) is 0. The Bertz CT molecular complexity index is 1320. The van der Waals surface area contributed by atoms with Gasteiger partial charge in [0.2, 0.25) is 5.95 Å². The first-order chi connectivity index (χ1) is 15.6. The maximum atomic E-state index is 14.0. The number of H-pyrrole nitrogens is 1. The Morgan fingerprint density at radius 3 is 2.75 bits per heavy atom. The van der Waals surface area contributed by atoms with E-state index in [2.05, 4.69) is 25.1 Å². The fraction of sp³-hybridized carbons (Fsp3) is 0.273. The summed E-state index contributed by atoms with van der Waals surface area (Å²) in [5, 5.41) is 9.72. The minimum absolute atomic E-state index is 0.182. The third-order valence-corrected chi connectivity index (χ3v) is 6.33. The van der Waals surface area contributed by atoms with Crippen molar-refractivity contribution in [1.29, 1.82) is 0 Å². The molecule has 0 unspecified atom stereocenters. The summed E-state index contributed by atoms with van der Waals surface area (Å²) in [4.78, 5) is 22.1. The van der Waals surface area contributed by atoms with E-state index in [0.717, 1.165) is 0 Å². The third kappa shape index (κ3) is 3.98. The number of halogens is 1. The van der Waals surface area contributed by atoms with Crippen LogP contribution in [0.25, 0.3) is 16.6 Å². The number of hydrogen-bond acceptors (Lipinski definition) is 7. The number of thioether (sulfide) groups is 1. The summed E-state index contributed by atoms with van der Waals surface area (Å²) in [6.45, 7) is 4.48. The molecule has 1 fully saturated rings. The Morgan fingerprint density at radius 2 is 1.94 bits per heavy atom. The zero-order chi connectivity index (χ0) is 22.1. The Kier molecular flexibility index (Phi) is 5.62. The smallest absolute Gasteiger partial charge is 0.258 e. The number of aromatic amines is 1. The van der Waals surface area contributed by atoms with Gasteiger partial charge >= 0.3 is 0 Å². The van der Waals surface area contributed by atoms with Crippen LogP contribution in [0, 0.1) is 5.82 Å². The van der Waals surface area contributed by atoms with E-state index in [0.29, 0.717) is 59.8 Å². The first-order valence-electron chi connectivity index (χ1n) is 10.3. The fourth-order valence-electron chi connectivity index (χ4n) is 3.66. The highest BCUT2D eigenvalue weighted by molar-refractivity contribution is 7.99. The normalized spacial score (nSPS) is 15.2. The maximum absolute atomic E-state index is 14.0. The summed E-state index contributed by atoms with van der Waals surface area (Å²) >= 11 is 1.40. The largest absolute Gasteiger partial charge is 0.378 e. The molecule has 1 N–H and O–H groups in total. The van der Waals surface area contributed by atoms with Gasteiger partial charge in [-0.15, -0.1) is 10.2 Å². The van der Waals surface area contributed by atoms with Gasteiger partial charge in [-0.25, -0.2) is 9.37 Å². The number of anilines is 1. The molecular formula is C22H21FN6O2S. The first-order valence-corrected chi connectivity index (χ1v) is 11.2. The highest BCUT2D eigenvalue weighted by atomic mass is 32.2. The molecule has 0 radical (unpaired) electrons. The van der Waals surface area contributed by atoms with Gasteiger partial charge in [0, 0.05) is 13.1 Å². The fourth-order valence-corrected chi connectivity index (χ4v) is 4.58. The summed E-state index contributed by atoms with van der Waals surface area (Å²) < 4.78 is 21.3. The SMILES string of the molecule is C[C@H](Sc1nnc(N2CCOCC2)n1-c1cccc(F)c1)c1nc2ccccc2c(=O)[nH]1. The molecule has 0 amide bonds. The molecule has 0 aliphatic carbocycles.